The summed E-state index contributed by atoms with van der Waals surface area (Å²) in [4.78, 5) is 11.6. The Morgan fingerprint density at radius 3 is 2.63 bits per heavy atom. The quantitative estimate of drug-likeness (QED) is 0.693. The first-order valence-electron chi connectivity index (χ1n) is 7.93. The van der Waals surface area contributed by atoms with E-state index >= 15 is 0 Å². The Morgan fingerprint density at radius 2 is 1.89 bits per heavy atom. The molecule has 4 nitrogen and oxygen atoms in total. The summed E-state index contributed by atoms with van der Waals surface area (Å²) in [6.45, 7) is 3.06. The first-order chi connectivity index (χ1) is 9.34. The number of rotatable bonds is 7. The van der Waals surface area contributed by atoms with Crippen LogP contribution in [0, 0.1) is 5.92 Å². The average Bonchev–Trinajstić information content (AvgIpc) is 2.96. The fourth-order valence-electron chi connectivity index (χ4n) is 3.12. The monoisotopic (exact) mass is 268 g/mol. The molecular weight excluding hydrogens is 240 g/mol. The summed E-state index contributed by atoms with van der Waals surface area (Å²) >= 11 is 0. The summed E-state index contributed by atoms with van der Waals surface area (Å²) in [6, 6.07) is 0. The molecule has 0 unspecified atom stereocenters. The third-order valence-electron chi connectivity index (χ3n) is 4.32. The van der Waals surface area contributed by atoms with Gasteiger partial charge in [0.05, 0.1) is 6.10 Å². The van der Waals surface area contributed by atoms with E-state index in [9.17, 15) is 4.79 Å². The van der Waals surface area contributed by atoms with Crippen molar-refractivity contribution in [3.05, 3.63) is 0 Å². The van der Waals surface area contributed by atoms with Gasteiger partial charge in [0.2, 0.25) is 5.91 Å². The zero-order valence-corrected chi connectivity index (χ0v) is 12.0. The first kappa shape index (κ1) is 14.8. The molecule has 19 heavy (non-hydrogen) atoms. The van der Waals surface area contributed by atoms with Gasteiger partial charge in [0.15, 0.2) is 0 Å². The summed E-state index contributed by atoms with van der Waals surface area (Å²) in [7, 11) is 0. The number of piperidine rings is 1. The molecule has 1 saturated heterocycles. The van der Waals surface area contributed by atoms with Crippen molar-refractivity contribution in [3.8, 4) is 0 Å². The van der Waals surface area contributed by atoms with Crippen LogP contribution in [0.25, 0.3) is 0 Å². The van der Waals surface area contributed by atoms with Crippen LogP contribution in [0.3, 0.4) is 0 Å². The van der Waals surface area contributed by atoms with Crippen molar-refractivity contribution in [2.45, 2.75) is 57.5 Å². The van der Waals surface area contributed by atoms with E-state index in [1.165, 1.54) is 32.1 Å². The largest absolute Gasteiger partial charge is 0.368 e. The van der Waals surface area contributed by atoms with Crippen molar-refractivity contribution >= 4 is 5.91 Å². The molecule has 2 rings (SSSR count). The number of nitrogens with one attached hydrogen (secondary N) is 2. The van der Waals surface area contributed by atoms with Crippen LogP contribution in [0.1, 0.15) is 51.4 Å². The van der Waals surface area contributed by atoms with Crippen LogP contribution in [0.15, 0.2) is 0 Å². The lowest BCUT2D eigenvalue weighted by Crippen LogP contribution is -2.36. The Hall–Kier alpha value is -0.610. The summed E-state index contributed by atoms with van der Waals surface area (Å²) in [5.41, 5.74) is 0. The van der Waals surface area contributed by atoms with Gasteiger partial charge in [-0.15, -0.1) is 0 Å². The minimum absolute atomic E-state index is 0.0463. The van der Waals surface area contributed by atoms with Gasteiger partial charge in [0, 0.05) is 6.54 Å². The lowest BCUT2D eigenvalue weighted by atomic mass is 10.0. The minimum atomic E-state index is 0.0463. The topological polar surface area (TPSA) is 50.4 Å². The van der Waals surface area contributed by atoms with Crippen LogP contribution in [-0.4, -0.2) is 38.3 Å². The maximum atomic E-state index is 11.6. The molecule has 2 fully saturated rings. The van der Waals surface area contributed by atoms with Crippen molar-refractivity contribution in [2.75, 3.05) is 26.2 Å². The van der Waals surface area contributed by atoms with Crippen LogP contribution in [-0.2, 0) is 9.53 Å². The van der Waals surface area contributed by atoms with E-state index in [0.717, 1.165) is 44.8 Å². The fraction of sp³-hybridized carbons (Fsp3) is 0.933. The number of carbonyl (C=O) groups excluding carboxylic acids is 1. The Bertz CT molecular complexity index is 259. The van der Waals surface area contributed by atoms with E-state index in [1.807, 2.05) is 0 Å². The van der Waals surface area contributed by atoms with Gasteiger partial charge >= 0.3 is 0 Å². The molecular formula is C15H28N2O2. The smallest absolute Gasteiger partial charge is 0.246 e. The molecule has 0 spiro atoms. The predicted molar refractivity (Wildman–Crippen MR) is 76.0 cm³/mol. The highest BCUT2D eigenvalue weighted by molar-refractivity contribution is 5.77. The Labute approximate surface area is 116 Å². The third-order valence-corrected chi connectivity index (χ3v) is 4.32. The molecule has 0 radical (unpaired) electrons. The Kier molecular flexibility index (Phi) is 6.65. The zero-order valence-electron chi connectivity index (χ0n) is 12.0. The maximum Gasteiger partial charge on any atom is 0.246 e. The maximum absolute atomic E-state index is 11.6. The van der Waals surface area contributed by atoms with Crippen molar-refractivity contribution in [1.82, 2.24) is 10.6 Å². The highest BCUT2D eigenvalue weighted by Gasteiger charge is 2.15. The summed E-state index contributed by atoms with van der Waals surface area (Å²) in [5, 5.41) is 6.26. The van der Waals surface area contributed by atoms with Gasteiger partial charge in [-0.3, -0.25) is 4.79 Å². The lowest BCUT2D eigenvalue weighted by molar-refractivity contribution is -0.128. The number of ether oxygens (including phenoxy) is 1. The fourth-order valence-corrected chi connectivity index (χ4v) is 3.12. The predicted octanol–water partition coefficient (Wildman–Crippen LogP) is 1.84. The third kappa shape index (κ3) is 5.91. The normalized spacial score (nSPS) is 21.7. The number of hydrogen-bond donors (Lipinski definition) is 2. The van der Waals surface area contributed by atoms with Crippen molar-refractivity contribution in [2.24, 2.45) is 5.92 Å². The second kappa shape index (κ2) is 8.54. The molecule has 1 heterocycles. The Morgan fingerprint density at radius 1 is 1.16 bits per heavy atom. The average molecular weight is 268 g/mol. The highest BCUT2D eigenvalue weighted by atomic mass is 16.5. The molecule has 2 N–H and O–H groups in total. The standard InChI is InChI=1S/C15H28N2O2/c18-15(12-19-14-7-10-16-11-8-14)17-9-3-6-13-4-1-2-5-13/h13-14,16H,1-12H2,(H,17,18). The van der Waals surface area contributed by atoms with Gasteiger partial charge in [-0.25, -0.2) is 0 Å². The number of hydrogen-bond acceptors (Lipinski definition) is 3. The van der Waals surface area contributed by atoms with E-state index in [2.05, 4.69) is 10.6 Å². The van der Waals surface area contributed by atoms with Gasteiger partial charge in [-0.05, 0) is 44.7 Å². The molecule has 0 aromatic heterocycles. The van der Waals surface area contributed by atoms with Crippen LogP contribution >= 0.6 is 0 Å². The van der Waals surface area contributed by atoms with E-state index in [1.54, 1.807) is 0 Å². The molecule has 0 aromatic carbocycles. The van der Waals surface area contributed by atoms with Crippen LogP contribution in [0.2, 0.25) is 0 Å². The molecule has 0 bridgehead atoms. The van der Waals surface area contributed by atoms with Gasteiger partial charge in [-0.1, -0.05) is 25.7 Å². The molecule has 0 atom stereocenters. The molecule has 1 amide bonds. The molecule has 2 aliphatic rings. The zero-order chi connectivity index (χ0) is 13.3. The van der Waals surface area contributed by atoms with Crippen molar-refractivity contribution in [1.29, 1.82) is 0 Å². The lowest BCUT2D eigenvalue weighted by Gasteiger charge is -2.22. The second-order valence-electron chi connectivity index (χ2n) is 5.90. The van der Waals surface area contributed by atoms with Crippen molar-refractivity contribution < 1.29 is 9.53 Å². The first-order valence-corrected chi connectivity index (χ1v) is 7.93. The van der Waals surface area contributed by atoms with Crippen LogP contribution in [0.4, 0.5) is 0 Å². The minimum Gasteiger partial charge on any atom is -0.368 e. The van der Waals surface area contributed by atoms with Crippen LogP contribution in [0.5, 0.6) is 0 Å². The SMILES string of the molecule is O=C(COC1CCNCC1)NCCCC1CCCC1. The van der Waals surface area contributed by atoms with Gasteiger partial charge in [0.25, 0.3) is 0 Å². The molecule has 4 heteroatoms. The van der Waals surface area contributed by atoms with Gasteiger partial charge < -0.3 is 15.4 Å². The molecule has 0 aromatic rings. The van der Waals surface area contributed by atoms with Gasteiger partial charge in [-0.2, -0.15) is 0 Å². The van der Waals surface area contributed by atoms with E-state index in [4.69, 9.17) is 4.74 Å². The Balaban J connectivity index is 1.45. The summed E-state index contributed by atoms with van der Waals surface area (Å²) in [6.07, 6.45) is 10.3. The molecule has 1 saturated carbocycles. The van der Waals surface area contributed by atoms with Crippen LogP contribution < -0.4 is 10.6 Å². The second-order valence-corrected chi connectivity index (χ2v) is 5.90. The number of carbonyl (C=O) groups is 1. The number of amides is 1. The molecule has 1 aliphatic heterocycles. The van der Waals surface area contributed by atoms with E-state index in [-0.39, 0.29) is 18.6 Å². The van der Waals surface area contributed by atoms with E-state index < -0.39 is 0 Å². The van der Waals surface area contributed by atoms with E-state index in [0.29, 0.717) is 0 Å². The summed E-state index contributed by atoms with van der Waals surface area (Å²) < 4.78 is 5.62. The highest BCUT2D eigenvalue weighted by Crippen LogP contribution is 2.28. The van der Waals surface area contributed by atoms with Crippen molar-refractivity contribution in [3.63, 3.8) is 0 Å². The summed E-state index contributed by atoms with van der Waals surface area (Å²) in [5.74, 6) is 0.966. The molecule has 1 aliphatic carbocycles. The molecule has 110 valence electrons. The van der Waals surface area contributed by atoms with Gasteiger partial charge in [0.1, 0.15) is 6.61 Å².